The lowest BCUT2D eigenvalue weighted by molar-refractivity contribution is -0.116. The fourth-order valence-corrected chi connectivity index (χ4v) is 1.71. The van der Waals surface area contributed by atoms with Gasteiger partial charge in [0.15, 0.2) is 5.82 Å². The predicted octanol–water partition coefficient (Wildman–Crippen LogP) is 0.557. The van der Waals surface area contributed by atoms with Crippen LogP contribution in [-0.4, -0.2) is 28.5 Å². The number of rotatable bonds is 3. The predicted molar refractivity (Wildman–Crippen MR) is 56.3 cm³/mol. The van der Waals surface area contributed by atoms with Crippen molar-refractivity contribution in [2.45, 2.75) is 25.3 Å². The van der Waals surface area contributed by atoms with Crippen molar-refractivity contribution < 1.29 is 4.79 Å². The Morgan fingerprint density at radius 1 is 1.60 bits per heavy atom. The van der Waals surface area contributed by atoms with Crippen molar-refractivity contribution in [1.29, 1.82) is 0 Å². The highest BCUT2D eigenvalue weighted by Gasteiger charge is 2.17. The van der Waals surface area contributed by atoms with Gasteiger partial charge in [0.25, 0.3) is 0 Å². The summed E-state index contributed by atoms with van der Waals surface area (Å²) in [6.45, 7) is 1.02. The van der Waals surface area contributed by atoms with Crippen molar-refractivity contribution in [1.82, 2.24) is 15.3 Å². The van der Waals surface area contributed by atoms with Gasteiger partial charge in [-0.15, -0.1) is 0 Å². The van der Waals surface area contributed by atoms with Crippen molar-refractivity contribution in [3.63, 3.8) is 0 Å². The third-order valence-corrected chi connectivity index (χ3v) is 2.42. The third kappa shape index (κ3) is 2.99. The molecule has 1 aromatic rings. The lowest BCUT2D eigenvalue weighted by Crippen LogP contribution is -2.27. The lowest BCUT2D eigenvalue weighted by atomic mass is 10.1. The van der Waals surface area contributed by atoms with Crippen LogP contribution in [0.25, 0.3) is 0 Å². The zero-order chi connectivity index (χ0) is 10.5. The Balaban J connectivity index is 1.82. The van der Waals surface area contributed by atoms with Crippen LogP contribution in [0.4, 0.5) is 5.82 Å². The minimum absolute atomic E-state index is 0.00472. The zero-order valence-electron chi connectivity index (χ0n) is 8.44. The maximum atomic E-state index is 11.5. The SMILES string of the molecule is O=C(CC1CCCN1)Nc1cnccn1. The van der Waals surface area contributed by atoms with Crippen LogP contribution in [0, 0.1) is 0 Å². The van der Waals surface area contributed by atoms with Crippen LogP contribution in [-0.2, 0) is 4.79 Å². The first kappa shape index (κ1) is 10.0. The van der Waals surface area contributed by atoms with Crippen LogP contribution in [0.2, 0.25) is 0 Å². The van der Waals surface area contributed by atoms with E-state index in [-0.39, 0.29) is 5.91 Å². The van der Waals surface area contributed by atoms with Gasteiger partial charge in [-0.3, -0.25) is 9.78 Å². The summed E-state index contributed by atoms with van der Waals surface area (Å²) in [4.78, 5) is 19.4. The van der Waals surface area contributed by atoms with E-state index in [0.29, 0.717) is 18.3 Å². The van der Waals surface area contributed by atoms with Crippen LogP contribution < -0.4 is 10.6 Å². The summed E-state index contributed by atoms with van der Waals surface area (Å²) in [6, 6.07) is 0.321. The van der Waals surface area contributed by atoms with Crippen molar-refractivity contribution in [2.24, 2.45) is 0 Å². The van der Waals surface area contributed by atoms with Crippen LogP contribution in [0.3, 0.4) is 0 Å². The number of nitrogens with one attached hydrogen (secondary N) is 2. The molecule has 1 aliphatic rings. The quantitative estimate of drug-likeness (QED) is 0.758. The van der Waals surface area contributed by atoms with Gasteiger partial charge < -0.3 is 10.6 Å². The summed E-state index contributed by atoms with van der Waals surface area (Å²) in [7, 11) is 0. The smallest absolute Gasteiger partial charge is 0.227 e. The number of amides is 1. The molecule has 0 saturated carbocycles. The molecule has 5 nitrogen and oxygen atoms in total. The minimum Gasteiger partial charge on any atom is -0.313 e. The molecule has 0 spiro atoms. The van der Waals surface area contributed by atoms with Gasteiger partial charge in [0.2, 0.25) is 5.91 Å². The van der Waals surface area contributed by atoms with Gasteiger partial charge in [-0.25, -0.2) is 4.98 Å². The van der Waals surface area contributed by atoms with E-state index < -0.39 is 0 Å². The van der Waals surface area contributed by atoms with E-state index in [0.717, 1.165) is 19.4 Å². The molecule has 1 aromatic heterocycles. The first-order valence-corrected chi connectivity index (χ1v) is 5.14. The molecule has 15 heavy (non-hydrogen) atoms. The van der Waals surface area contributed by atoms with Crippen LogP contribution in [0.15, 0.2) is 18.6 Å². The van der Waals surface area contributed by atoms with E-state index in [1.54, 1.807) is 18.6 Å². The number of anilines is 1. The molecule has 1 unspecified atom stereocenters. The molecule has 1 saturated heterocycles. The second-order valence-electron chi connectivity index (χ2n) is 3.64. The number of hydrogen-bond donors (Lipinski definition) is 2. The molecule has 5 heteroatoms. The van der Waals surface area contributed by atoms with Crippen molar-refractivity contribution >= 4 is 11.7 Å². The Bertz CT molecular complexity index is 321. The monoisotopic (exact) mass is 206 g/mol. The lowest BCUT2D eigenvalue weighted by Gasteiger charge is -2.09. The van der Waals surface area contributed by atoms with Crippen molar-refractivity contribution in [3.05, 3.63) is 18.6 Å². The standard InChI is InChI=1S/C10H14N4O/c15-10(6-8-2-1-3-12-8)14-9-7-11-4-5-13-9/h4-5,7-8,12H,1-3,6H2,(H,13,14,15). The average Bonchev–Trinajstić information content (AvgIpc) is 2.71. The third-order valence-electron chi connectivity index (χ3n) is 2.42. The van der Waals surface area contributed by atoms with Crippen LogP contribution in [0.5, 0.6) is 0 Å². The van der Waals surface area contributed by atoms with E-state index in [9.17, 15) is 4.79 Å². The molecule has 80 valence electrons. The second kappa shape index (κ2) is 4.84. The molecule has 0 aliphatic carbocycles. The summed E-state index contributed by atoms with van der Waals surface area (Å²) >= 11 is 0. The normalized spacial score (nSPS) is 20.1. The highest BCUT2D eigenvalue weighted by atomic mass is 16.1. The molecule has 2 heterocycles. The molecule has 1 fully saturated rings. The van der Waals surface area contributed by atoms with Gasteiger partial charge in [0.1, 0.15) is 0 Å². The Morgan fingerprint density at radius 3 is 3.20 bits per heavy atom. The number of aromatic nitrogens is 2. The summed E-state index contributed by atoms with van der Waals surface area (Å²) in [5.74, 6) is 0.510. The fraction of sp³-hybridized carbons (Fsp3) is 0.500. The largest absolute Gasteiger partial charge is 0.313 e. The summed E-state index contributed by atoms with van der Waals surface area (Å²) in [6.07, 6.45) is 7.42. The average molecular weight is 206 g/mol. The van der Waals surface area contributed by atoms with E-state index in [2.05, 4.69) is 20.6 Å². The van der Waals surface area contributed by atoms with E-state index >= 15 is 0 Å². The minimum atomic E-state index is -0.00472. The molecule has 1 amide bonds. The van der Waals surface area contributed by atoms with E-state index in [4.69, 9.17) is 0 Å². The summed E-state index contributed by atoms with van der Waals surface area (Å²) in [5, 5.41) is 5.99. The molecular weight excluding hydrogens is 192 g/mol. The Kier molecular flexibility index (Phi) is 3.24. The first-order chi connectivity index (χ1) is 7.34. The summed E-state index contributed by atoms with van der Waals surface area (Å²) in [5.41, 5.74) is 0. The highest BCUT2D eigenvalue weighted by Crippen LogP contribution is 2.09. The van der Waals surface area contributed by atoms with Crippen molar-refractivity contribution in [2.75, 3.05) is 11.9 Å². The van der Waals surface area contributed by atoms with Gasteiger partial charge in [-0.2, -0.15) is 0 Å². The highest BCUT2D eigenvalue weighted by molar-refractivity contribution is 5.89. The molecule has 0 radical (unpaired) electrons. The molecule has 2 N–H and O–H groups in total. The van der Waals surface area contributed by atoms with Crippen molar-refractivity contribution in [3.8, 4) is 0 Å². The van der Waals surface area contributed by atoms with Gasteiger partial charge in [0.05, 0.1) is 6.20 Å². The maximum absolute atomic E-state index is 11.5. The molecule has 1 atom stereocenters. The number of carbonyl (C=O) groups is 1. The zero-order valence-corrected chi connectivity index (χ0v) is 8.44. The Labute approximate surface area is 88.3 Å². The Morgan fingerprint density at radius 2 is 2.53 bits per heavy atom. The molecule has 0 aromatic carbocycles. The van der Waals surface area contributed by atoms with Gasteiger partial charge in [-0.05, 0) is 19.4 Å². The Hall–Kier alpha value is -1.49. The molecule has 0 bridgehead atoms. The topological polar surface area (TPSA) is 66.9 Å². The van der Waals surface area contributed by atoms with Crippen LogP contribution >= 0.6 is 0 Å². The second-order valence-corrected chi connectivity index (χ2v) is 3.64. The van der Waals surface area contributed by atoms with Gasteiger partial charge in [0, 0.05) is 24.9 Å². The molecular formula is C10H14N4O. The number of hydrogen-bond acceptors (Lipinski definition) is 4. The fourth-order valence-electron chi connectivity index (χ4n) is 1.71. The van der Waals surface area contributed by atoms with E-state index in [1.807, 2.05) is 0 Å². The maximum Gasteiger partial charge on any atom is 0.227 e. The van der Waals surface area contributed by atoms with E-state index in [1.165, 1.54) is 0 Å². The summed E-state index contributed by atoms with van der Waals surface area (Å²) < 4.78 is 0. The first-order valence-electron chi connectivity index (χ1n) is 5.14. The van der Waals surface area contributed by atoms with Gasteiger partial charge in [-0.1, -0.05) is 0 Å². The molecule has 2 rings (SSSR count). The van der Waals surface area contributed by atoms with Crippen LogP contribution in [0.1, 0.15) is 19.3 Å². The number of nitrogens with zero attached hydrogens (tertiary/aromatic N) is 2. The van der Waals surface area contributed by atoms with Gasteiger partial charge >= 0.3 is 0 Å². The molecule has 1 aliphatic heterocycles. The number of carbonyl (C=O) groups excluding carboxylic acids is 1.